The van der Waals surface area contributed by atoms with Gasteiger partial charge in [-0.3, -0.25) is 5.32 Å². The molecule has 0 heterocycles. The third-order valence-electron chi connectivity index (χ3n) is 2.93. The minimum atomic E-state index is -0.323. The van der Waals surface area contributed by atoms with Crippen LogP contribution in [0.4, 0.5) is 0 Å². The summed E-state index contributed by atoms with van der Waals surface area (Å²) < 4.78 is 0. The molecule has 0 aliphatic rings. The molecule has 1 N–H and O–H groups in total. The van der Waals surface area contributed by atoms with Crippen molar-refractivity contribution >= 4 is 0 Å². The van der Waals surface area contributed by atoms with Crippen molar-refractivity contribution in [1.29, 1.82) is 5.26 Å². The van der Waals surface area contributed by atoms with Gasteiger partial charge in [0.05, 0.1) is 6.07 Å². The smallest absolute Gasteiger partial charge is 0.103 e. The summed E-state index contributed by atoms with van der Waals surface area (Å²) in [5.41, 5.74) is -0.323. The Balaban J connectivity index is 3.75. The Bertz CT molecular complexity index is 205. The molecule has 0 saturated carbocycles. The lowest BCUT2D eigenvalue weighted by Crippen LogP contribution is -2.42. The maximum atomic E-state index is 9.19. The highest BCUT2D eigenvalue weighted by atomic mass is 15.0. The lowest BCUT2D eigenvalue weighted by atomic mass is 9.95. The van der Waals surface area contributed by atoms with Crippen molar-refractivity contribution in [3.05, 3.63) is 0 Å². The summed E-state index contributed by atoms with van der Waals surface area (Å²) >= 11 is 0. The number of nitriles is 1. The van der Waals surface area contributed by atoms with Crippen molar-refractivity contribution in [3.8, 4) is 6.07 Å². The molecule has 0 aromatic rings. The number of hydrogen-bond acceptors (Lipinski definition) is 2. The van der Waals surface area contributed by atoms with Crippen molar-refractivity contribution in [1.82, 2.24) is 5.32 Å². The standard InChI is InChI=1S/C14H28N2/c1-5-6-7-8-9-10-14(4,12-15)16-11-13(2)3/h13,16H,5-11H2,1-4H3. The molecule has 2 nitrogen and oxygen atoms in total. The maximum Gasteiger partial charge on any atom is 0.103 e. The summed E-state index contributed by atoms with van der Waals surface area (Å²) in [7, 11) is 0. The summed E-state index contributed by atoms with van der Waals surface area (Å²) in [6, 6.07) is 2.41. The van der Waals surface area contributed by atoms with Crippen LogP contribution >= 0.6 is 0 Å². The molecule has 0 aliphatic carbocycles. The van der Waals surface area contributed by atoms with Crippen LogP contribution in [0.3, 0.4) is 0 Å². The van der Waals surface area contributed by atoms with Crippen molar-refractivity contribution in [2.24, 2.45) is 5.92 Å². The zero-order chi connectivity index (χ0) is 12.4. The number of unbranched alkanes of at least 4 members (excludes halogenated alkanes) is 4. The van der Waals surface area contributed by atoms with E-state index in [0.717, 1.165) is 19.4 Å². The van der Waals surface area contributed by atoms with Gasteiger partial charge in [0.25, 0.3) is 0 Å². The van der Waals surface area contributed by atoms with Crippen LogP contribution in [0, 0.1) is 17.2 Å². The van der Waals surface area contributed by atoms with Crippen LogP contribution < -0.4 is 5.32 Å². The summed E-state index contributed by atoms with van der Waals surface area (Å²) in [5.74, 6) is 0.604. The highest BCUT2D eigenvalue weighted by Gasteiger charge is 2.22. The molecule has 94 valence electrons. The van der Waals surface area contributed by atoms with Crippen LogP contribution in [0.25, 0.3) is 0 Å². The zero-order valence-electron chi connectivity index (χ0n) is 11.5. The quantitative estimate of drug-likeness (QED) is 0.603. The Kier molecular flexibility index (Phi) is 8.29. The summed E-state index contributed by atoms with van der Waals surface area (Å²) in [4.78, 5) is 0. The van der Waals surface area contributed by atoms with Gasteiger partial charge in [0.15, 0.2) is 0 Å². The molecule has 0 saturated heterocycles. The fraction of sp³-hybridized carbons (Fsp3) is 0.929. The number of hydrogen-bond donors (Lipinski definition) is 1. The maximum absolute atomic E-state index is 9.19. The second-order valence-corrected chi connectivity index (χ2v) is 5.38. The van der Waals surface area contributed by atoms with Gasteiger partial charge in [-0.25, -0.2) is 0 Å². The molecule has 1 unspecified atom stereocenters. The normalized spacial score (nSPS) is 14.8. The van der Waals surface area contributed by atoms with Gasteiger partial charge < -0.3 is 0 Å². The van der Waals surface area contributed by atoms with Gasteiger partial charge in [0.1, 0.15) is 5.54 Å². The van der Waals surface area contributed by atoms with E-state index in [2.05, 4.69) is 32.2 Å². The van der Waals surface area contributed by atoms with E-state index in [1.54, 1.807) is 0 Å². The Labute approximate surface area is 101 Å². The molecule has 0 rings (SSSR count). The SMILES string of the molecule is CCCCCCCC(C)(C#N)NCC(C)C. The van der Waals surface area contributed by atoms with Gasteiger partial charge in [-0.2, -0.15) is 5.26 Å². The molecule has 0 radical (unpaired) electrons. The molecular weight excluding hydrogens is 196 g/mol. The van der Waals surface area contributed by atoms with E-state index < -0.39 is 0 Å². The molecule has 2 heteroatoms. The second-order valence-electron chi connectivity index (χ2n) is 5.38. The Morgan fingerprint density at radius 1 is 1.19 bits per heavy atom. The monoisotopic (exact) mass is 224 g/mol. The van der Waals surface area contributed by atoms with Gasteiger partial charge in [0.2, 0.25) is 0 Å². The molecule has 16 heavy (non-hydrogen) atoms. The predicted molar refractivity (Wildman–Crippen MR) is 70.2 cm³/mol. The molecule has 0 aromatic carbocycles. The average molecular weight is 224 g/mol. The number of nitrogens with one attached hydrogen (secondary N) is 1. The second kappa shape index (κ2) is 8.58. The molecule has 0 amide bonds. The van der Waals surface area contributed by atoms with Gasteiger partial charge in [-0.1, -0.05) is 52.9 Å². The van der Waals surface area contributed by atoms with E-state index in [4.69, 9.17) is 0 Å². The van der Waals surface area contributed by atoms with Gasteiger partial charge in [0, 0.05) is 0 Å². The Morgan fingerprint density at radius 3 is 2.31 bits per heavy atom. The van der Waals surface area contributed by atoms with Crippen LogP contribution in [0.1, 0.15) is 66.2 Å². The van der Waals surface area contributed by atoms with Crippen molar-refractivity contribution in [3.63, 3.8) is 0 Å². The predicted octanol–water partition coefficient (Wildman–Crippen LogP) is 3.87. The topological polar surface area (TPSA) is 35.8 Å². The first-order valence-electron chi connectivity index (χ1n) is 6.70. The molecule has 1 atom stereocenters. The minimum Gasteiger partial charge on any atom is -0.299 e. The van der Waals surface area contributed by atoms with Gasteiger partial charge >= 0.3 is 0 Å². The molecular formula is C14H28N2. The third kappa shape index (κ3) is 7.70. The molecule has 0 aromatic heterocycles. The van der Waals surface area contributed by atoms with Crippen LogP contribution in [-0.2, 0) is 0 Å². The number of nitrogens with zero attached hydrogens (tertiary/aromatic N) is 1. The molecule has 0 spiro atoms. The van der Waals surface area contributed by atoms with Crippen LogP contribution in [0.5, 0.6) is 0 Å². The van der Waals surface area contributed by atoms with E-state index in [0.29, 0.717) is 5.92 Å². The van der Waals surface area contributed by atoms with E-state index in [1.165, 1.54) is 25.7 Å². The summed E-state index contributed by atoms with van der Waals surface area (Å²) in [5, 5.41) is 12.6. The first kappa shape index (κ1) is 15.4. The first-order chi connectivity index (χ1) is 7.54. The average Bonchev–Trinajstić information content (AvgIpc) is 2.26. The van der Waals surface area contributed by atoms with E-state index in [-0.39, 0.29) is 5.54 Å². The highest BCUT2D eigenvalue weighted by Crippen LogP contribution is 2.15. The summed E-state index contributed by atoms with van der Waals surface area (Å²) in [6.07, 6.45) is 7.30. The lowest BCUT2D eigenvalue weighted by molar-refractivity contribution is 0.374. The lowest BCUT2D eigenvalue weighted by Gasteiger charge is -2.24. The zero-order valence-corrected chi connectivity index (χ0v) is 11.5. The van der Waals surface area contributed by atoms with Crippen LogP contribution in [-0.4, -0.2) is 12.1 Å². The highest BCUT2D eigenvalue weighted by molar-refractivity contribution is 5.03. The number of rotatable bonds is 9. The Morgan fingerprint density at radius 2 is 1.81 bits per heavy atom. The fourth-order valence-electron chi connectivity index (χ4n) is 1.70. The van der Waals surface area contributed by atoms with Crippen LogP contribution in [0.2, 0.25) is 0 Å². The molecule has 0 aliphatic heterocycles. The van der Waals surface area contributed by atoms with E-state index in [9.17, 15) is 5.26 Å². The fourth-order valence-corrected chi connectivity index (χ4v) is 1.70. The Hall–Kier alpha value is -0.550. The minimum absolute atomic E-state index is 0.323. The van der Waals surface area contributed by atoms with Crippen LogP contribution in [0.15, 0.2) is 0 Å². The molecule has 0 fully saturated rings. The van der Waals surface area contributed by atoms with E-state index >= 15 is 0 Å². The van der Waals surface area contributed by atoms with Crippen molar-refractivity contribution < 1.29 is 0 Å². The molecule has 0 bridgehead atoms. The van der Waals surface area contributed by atoms with Crippen molar-refractivity contribution in [2.75, 3.05) is 6.54 Å². The van der Waals surface area contributed by atoms with Gasteiger partial charge in [-0.05, 0) is 25.8 Å². The van der Waals surface area contributed by atoms with Gasteiger partial charge in [-0.15, -0.1) is 0 Å². The van der Waals surface area contributed by atoms with Crippen molar-refractivity contribution in [2.45, 2.75) is 71.8 Å². The third-order valence-corrected chi connectivity index (χ3v) is 2.93. The van der Waals surface area contributed by atoms with E-state index in [1.807, 2.05) is 6.92 Å². The summed E-state index contributed by atoms with van der Waals surface area (Å²) in [6.45, 7) is 9.52. The largest absolute Gasteiger partial charge is 0.299 e. The first-order valence-corrected chi connectivity index (χ1v) is 6.70.